The molecule has 17 heavy (non-hydrogen) atoms. The molecular formula is C14H19NO2. The average molecular weight is 233 g/mol. The topological polar surface area (TPSA) is 44.5 Å². The number of methoxy groups -OCH3 is 1. The first-order chi connectivity index (χ1) is 8.17. The zero-order valence-corrected chi connectivity index (χ0v) is 10.2. The number of hydrogen-bond donors (Lipinski definition) is 1. The van der Waals surface area contributed by atoms with Crippen molar-refractivity contribution in [1.29, 1.82) is 0 Å². The van der Waals surface area contributed by atoms with Gasteiger partial charge in [0.25, 0.3) is 0 Å². The van der Waals surface area contributed by atoms with Crippen LogP contribution in [0.15, 0.2) is 30.9 Å². The van der Waals surface area contributed by atoms with Crippen molar-refractivity contribution in [3.8, 4) is 11.5 Å². The van der Waals surface area contributed by atoms with E-state index in [1.54, 1.807) is 7.11 Å². The lowest BCUT2D eigenvalue weighted by atomic mass is 10.1. The Balaban J connectivity index is 2.07. The van der Waals surface area contributed by atoms with Crippen molar-refractivity contribution < 1.29 is 9.47 Å². The lowest BCUT2D eigenvalue weighted by molar-refractivity contribution is 0.264. The first-order valence-electron chi connectivity index (χ1n) is 5.86. The summed E-state index contributed by atoms with van der Waals surface area (Å²) in [5, 5.41) is 0. The summed E-state index contributed by atoms with van der Waals surface area (Å²) in [7, 11) is 1.65. The highest BCUT2D eigenvalue weighted by Crippen LogP contribution is 2.35. The minimum atomic E-state index is -0.106. The molecule has 92 valence electrons. The largest absolute Gasteiger partial charge is 0.493 e. The molecule has 0 radical (unpaired) electrons. The molecule has 0 aromatic heterocycles. The van der Waals surface area contributed by atoms with Crippen LogP contribution in [0, 0.1) is 0 Å². The van der Waals surface area contributed by atoms with E-state index in [4.69, 9.17) is 15.2 Å². The van der Waals surface area contributed by atoms with Crippen LogP contribution < -0.4 is 15.2 Å². The molecule has 0 bridgehead atoms. The summed E-state index contributed by atoms with van der Waals surface area (Å²) < 4.78 is 11.0. The van der Waals surface area contributed by atoms with Crippen molar-refractivity contribution in [1.82, 2.24) is 0 Å². The lowest BCUT2D eigenvalue weighted by Crippen LogP contribution is -2.29. The van der Waals surface area contributed by atoms with E-state index < -0.39 is 0 Å². The molecule has 1 aliphatic rings. The lowest BCUT2D eigenvalue weighted by Gasteiger charge is -2.14. The predicted octanol–water partition coefficient (Wildman–Crippen LogP) is 2.29. The van der Waals surface area contributed by atoms with Gasteiger partial charge in [0, 0.05) is 0 Å². The fourth-order valence-electron chi connectivity index (χ4n) is 1.65. The number of hydrogen-bond acceptors (Lipinski definition) is 3. The maximum Gasteiger partial charge on any atom is 0.161 e. The zero-order valence-electron chi connectivity index (χ0n) is 10.2. The Morgan fingerprint density at radius 1 is 1.41 bits per heavy atom. The van der Waals surface area contributed by atoms with E-state index in [9.17, 15) is 0 Å². The SMILES string of the molecule is C=CCc1ccc(OCC2(N)CC2)c(OC)c1. The molecule has 2 rings (SSSR count). The van der Waals surface area contributed by atoms with Crippen molar-refractivity contribution in [3.05, 3.63) is 36.4 Å². The molecule has 1 aliphatic carbocycles. The highest BCUT2D eigenvalue weighted by atomic mass is 16.5. The quantitative estimate of drug-likeness (QED) is 0.767. The highest BCUT2D eigenvalue weighted by molar-refractivity contribution is 5.43. The predicted molar refractivity (Wildman–Crippen MR) is 68.5 cm³/mol. The molecule has 3 heteroatoms. The molecule has 0 atom stereocenters. The van der Waals surface area contributed by atoms with Crippen molar-refractivity contribution >= 4 is 0 Å². The van der Waals surface area contributed by atoms with Crippen LogP contribution in [0.2, 0.25) is 0 Å². The van der Waals surface area contributed by atoms with E-state index in [2.05, 4.69) is 6.58 Å². The number of benzene rings is 1. The second-order valence-electron chi connectivity index (χ2n) is 4.63. The van der Waals surface area contributed by atoms with Crippen LogP contribution in [-0.2, 0) is 6.42 Å². The van der Waals surface area contributed by atoms with Crippen LogP contribution in [0.4, 0.5) is 0 Å². The molecule has 3 nitrogen and oxygen atoms in total. The van der Waals surface area contributed by atoms with Gasteiger partial charge < -0.3 is 15.2 Å². The average Bonchev–Trinajstić information content (AvgIpc) is 3.06. The Kier molecular flexibility index (Phi) is 3.38. The molecule has 0 unspecified atom stereocenters. The molecule has 1 aromatic carbocycles. The van der Waals surface area contributed by atoms with Gasteiger partial charge in [-0.05, 0) is 37.0 Å². The smallest absolute Gasteiger partial charge is 0.161 e. The summed E-state index contributed by atoms with van der Waals surface area (Å²) in [6.07, 6.45) is 4.79. The molecular weight excluding hydrogens is 214 g/mol. The minimum Gasteiger partial charge on any atom is -0.493 e. The molecule has 0 spiro atoms. The van der Waals surface area contributed by atoms with Gasteiger partial charge in [-0.15, -0.1) is 6.58 Å². The van der Waals surface area contributed by atoms with Crippen molar-refractivity contribution in [2.75, 3.05) is 13.7 Å². The number of nitrogens with two attached hydrogens (primary N) is 1. The second-order valence-corrected chi connectivity index (χ2v) is 4.63. The Hall–Kier alpha value is -1.48. The Labute approximate surface area is 102 Å². The van der Waals surface area contributed by atoms with E-state index in [1.807, 2.05) is 24.3 Å². The van der Waals surface area contributed by atoms with E-state index in [1.165, 1.54) is 0 Å². The number of allylic oxidation sites excluding steroid dienone is 1. The summed E-state index contributed by atoms with van der Waals surface area (Å²) in [5.74, 6) is 1.52. The van der Waals surface area contributed by atoms with E-state index >= 15 is 0 Å². The van der Waals surface area contributed by atoms with Crippen molar-refractivity contribution in [3.63, 3.8) is 0 Å². The molecule has 1 fully saturated rings. The van der Waals surface area contributed by atoms with Gasteiger partial charge in [-0.2, -0.15) is 0 Å². The Morgan fingerprint density at radius 2 is 2.18 bits per heavy atom. The molecule has 0 amide bonds. The van der Waals surface area contributed by atoms with Gasteiger partial charge in [0.05, 0.1) is 12.6 Å². The monoisotopic (exact) mass is 233 g/mol. The van der Waals surface area contributed by atoms with Gasteiger partial charge in [0.15, 0.2) is 11.5 Å². The Morgan fingerprint density at radius 3 is 2.76 bits per heavy atom. The summed E-state index contributed by atoms with van der Waals surface area (Å²) in [5.41, 5.74) is 7.04. The van der Waals surface area contributed by atoms with Crippen LogP contribution in [0.1, 0.15) is 18.4 Å². The number of rotatable bonds is 6. The van der Waals surface area contributed by atoms with Crippen molar-refractivity contribution in [2.45, 2.75) is 24.8 Å². The number of ether oxygens (including phenoxy) is 2. The third-order valence-electron chi connectivity index (χ3n) is 3.02. The molecule has 1 saturated carbocycles. The van der Waals surface area contributed by atoms with Crippen LogP contribution in [0.3, 0.4) is 0 Å². The van der Waals surface area contributed by atoms with Crippen LogP contribution in [0.5, 0.6) is 11.5 Å². The minimum absolute atomic E-state index is 0.106. The molecule has 2 N–H and O–H groups in total. The standard InChI is InChI=1S/C14H19NO2/c1-3-4-11-5-6-12(13(9-11)16-2)17-10-14(15)7-8-14/h3,5-6,9H,1,4,7-8,10,15H2,2H3. The van der Waals surface area contributed by atoms with Crippen molar-refractivity contribution in [2.24, 2.45) is 5.73 Å². The van der Waals surface area contributed by atoms with Crippen LogP contribution in [-0.4, -0.2) is 19.3 Å². The summed E-state index contributed by atoms with van der Waals surface area (Å²) in [6, 6.07) is 5.94. The molecule has 0 aliphatic heterocycles. The maximum absolute atomic E-state index is 5.98. The maximum atomic E-state index is 5.98. The van der Waals surface area contributed by atoms with Gasteiger partial charge in [0.2, 0.25) is 0 Å². The first kappa shape index (κ1) is 12.0. The fraction of sp³-hybridized carbons (Fsp3) is 0.429. The van der Waals surface area contributed by atoms with Gasteiger partial charge in [-0.1, -0.05) is 12.1 Å². The first-order valence-corrected chi connectivity index (χ1v) is 5.86. The Bertz CT molecular complexity index is 411. The van der Waals surface area contributed by atoms with Gasteiger partial charge in [0.1, 0.15) is 6.61 Å². The summed E-state index contributed by atoms with van der Waals surface area (Å²) in [4.78, 5) is 0. The van der Waals surface area contributed by atoms with E-state index in [-0.39, 0.29) is 5.54 Å². The highest BCUT2D eigenvalue weighted by Gasteiger charge is 2.39. The third-order valence-corrected chi connectivity index (χ3v) is 3.02. The van der Waals surface area contributed by atoms with Crippen LogP contribution >= 0.6 is 0 Å². The normalized spacial score (nSPS) is 16.4. The molecule has 0 saturated heterocycles. The third kappa shape index (κ3) is 3.01. The van der Waals surface area contributed by atoms with Gasteiger partial charge in [-0.3, -0.25) is 0 Å². The fourth-order valence-corrected chi connectivity index (χ4v) is 1.65. The van der Waals surface area contributed by atoms with E-state index in [0.717, 1.165) is 36.3 Å². The zero-order chi connectivity index (χ0) is 12.3. The van der Waals surface area contributed by atoms with Gasteiger partial charge >= 0.3 is 0 Å². The second kappa shape index (κ2) is 4.80. The summed E-state index contributed by atoms with van der Waals surface area (Å²) in [6.45, 7) is 4.28. The van der Waals surface area contributed by atoms with Crippen LogP contribution in [0.25, 0.3) is 0 Å². The molecule has 0 heterocycles. The van der Waals surface area contributed by atoms with Gasteiger partial charge in [-0.25, -0.2) is 0 Å². The summed E-state index contributed by atoms with van der Waals surface area (Å²) >= 11 is 0. The molecule has 1 aromatic rings. The van der Waals surface area contributed by atoms with E-state index in [0.29, 0.717) is 6.61 Å².